The van der Waals surface area contributed by atoms with Crippen LogP contribution >= 0.6 is 0 Å². The molecule has 2 amide bonds. The molecule has 1 saturated heterocycles. The Labute approximate surface area is 280 Å². The Bertz CT molecular complexity index is 1790. The van der Waals surface area contributed by atoms with Gasteiger partial charge in [-0.2, -0.15) is 10.5 Å². The van der Waals surface area contributed by atoms with Gasteiger partial charge in [0.05, 0.1) is 18.0 Å². The number of aryl methyl sites for hydroxylation is 3. The molecule has 2 unspecified atom stereocenters. The number of nitrogens with zero attached hydrogens (tertiary/aromatic N) is 5. The van der Waals surface area contributed by atoms with E-state index in [4.69, 9.17) is 0 Å². The van der Waals surface area contributed by atoms with Gasteiger partial charge in [-0.3, -0.25) is 9.59 Å². The number of carbonyl (C=O) groups excluding carboxylic acids is 2. The van der Waals surface area contributed by atoms with E-state index in [1.54, 1.807) is 11.9 Å². The molecule has 246 valence electrons. The van der Waals surface area contributed by atoms with E-state index in [0.29, 0.717) is 37.2 Å². The van der Waals surface area contributed by atoms with E-state index in [2.05, 4.69) is 91.7 Å². The molecule has 1 fully saturated rings. The summed E-state index contributed by atoms with van der Waals surface area (Å²) in [7, 11) is 3.48. The monoisotopic (exact) mass is 643 g/mol. The van der Waals surface area contributed by atoms with E-state index in [-0.39, 0.29) is 24.4 Å². The van der Waals surface area contributed by atoms with Crippen molar-refractivity contribution in [1.29, 1.82) is 5.26 Å². The molecule has 2 heterocycles. The molecule has 6 rings (SSSR count). The summed E-state index contributed by atoms with van der Waals surface area (Å²) in [5.41, 5.74) is 7.69. The number of likely N-dealkylation sites (tertiary alicyclic amines) is 1. The number of rotatable bonds is 10. The second-order valence-electron chi connectivity index (χ2n) is 12.6. The maximum atomic E-state index is 13.5. The Kier molecular flexibility index (Phi) is 9.37. The lowest BCUT2D eigenvalue weighted by Gasteiger charge is -2.37. The molecule has 3 aromatic carbocycles. The normalized spacial score (nSPS) is 19.0. The third-order valence-electron chi connectivity index (χ3n) is 9.87. The van der Waals surface area contributed by atoms with Crippen LogP contribution in [0.25, 0.3) is 5.70 Å². The van der Waals surface area contributed by atoms with E-state index in [1.807, 2.05) is 32.2 Å². The molecular formula is C37H41N9O2. The van der Waals surface area contributed by atoms with Gasteiger partial charge in [0, 0.05) is 37.9 Å². The zero-order valence-electron chi connectivity index (χ0n) is 27.6. The molecule has 11 heteroatoms. The molecule has 4 N–H and O–H groups in total. The summed E-state index contributed by atoms with van der Waals surface area (Å²) >= 11 is 0. The minimum absolute atomic E-state index is 0.0648. The molecule has 48 heavy (non-hydrogen) atoms. The van der Waals surface area contributed by atoms with Crippen LogP contribution in [0.2, 0.25) is 0 Å². The topological polar surface area (TPSA) is 152 Å². The summed E-state index contributed by atoms with van der Waals surface area (Å²) < 4.78 is 0. The van der Waals surface area contributed by atoms with Crippen LogP contribution in [0.1, 0.15) is 80.4 Å². The Morgan fingerprint density at radius 1 is 1.04 bits per heavy atom. The van der Waals surface area contributed by atoms with E-state index >= 15 is 0 Å². The SMILES string of the molecule is C=C(NC)c1ccc2c(c1)CCc1cc(C(=O)NC)ccc1C2(C[C@@H](NCC(=O)N1CCCC1C#N)c1ccc(C)cc1)c1nn[nH]n1. The highest BCUT2D eigenvalue weighted by Crippen LogP contribution is 2.49. The standard InChI is InChI=1S/C37H41N9O2/c1-23-7-9-25(10-8-23)33(41-22-34(47)46-17-5-6-30(46)21-38)20-37(36-42-44-45-43-36)31-15-13-26(24(2)39-3)18-27(31)11-12-28-19-29(35(48)40-4)14-16-32(28)37/h7-10,13-16,18-19,30,33,39,41H,2,5-6,11-12,17,20,22H2,1,3-4H3,(H,40,48)(H,42,43,44,45)/t30?,33-,37?/m1/s1. The summed E-state index contributed by atoms with van der Waals surface area (Å²) in [6, 6.07) is 22.1. The van der Waals surface area contributed by atoms with Gasteiger partial charge in [-0.05, 0) is 90.6 Å². The number of H-pyrrole nitrogens is 1. The lowest BCUT2D eigenvalue weighted by molar-refractivity contribution is -0.130. The van der Waals surface area contributed by atoms with E-state index < -0.39 is 11.5 Å². The smallest absolute Gasteiger partial charge is 0.251 e. The average Bonchev–Trinajstić information content (AvgIpc) is 3.82. The first kappa shape index (κ1) is 32.6. The van der Waals surface area contributed by atoms with Crippen molar-refractivity contribution in [2.75, 3.05) is 27.2 Å². The van der Waals surface area contributed by atoms with Gasteiger partial charge in [0.1, 0.15) is 6.04 Å². The summed E-state index contributed by atoms with van der Waals surface area (Å²) in [6.45, 7) is 6.89. The summed E-state index contributed by atoms with van der Waals surface area (Å²) in [6.07, 6.45) is 3.36. The van der Waals surface area contributed by atoms with Crippen molar-refractivity contribution in [2.24, 2.45) is 0 Å². The molecule has 0 bridgehead atoms. The molecule has 0 radical (unpaired) electrons. The van der Waals surface area contributed by atoms with Gasteiger partial charge >= 0.3 is 0 Å². The summed E-state index contributed by atoms with van der Waals surface area (Å²) in [5.74, 6) is 0.235. The van der Waals surface area contributed by atoms with E-state index in [1.165, 1.54) is 0 Å². The number of nitrogens with one attached hydrogen (secondary N) is 4. The second-order valence-corrected chi connectivity index (χ2v) is 12.6. The van der Waals surface area contributed by atoms with Gasteiger partial charge in [-0.25, -0.2) is 0 Å². The van der Waals surface area contributed by atoms with Crippen molar-refractivity contribution in [3.05, 3.63) is 118 Å². The van der Waals surface area contributed by atoms with Crippen LogP contribution in [-0.4, -0.2) is 70.6 Å². The number of hydrogen-bond acceptors (Lipinski definition) is 8. The van der Waals surface area contributed by atoms with Crippen LogP contribution in [0.5, 0.6) is 0 Å². The zero-order valence-corrected chi connectivity index (χ0v) is 27.6. The highest BCUT2D eigenvalue weighted by molar-refractivity contribution is 5.94. The molecule has 3 atom stereocenters. The van der Waals surface area contributed by atoms with Crippen molar-refractivity contribution in [3.8, 4) is 6.07 Å². The molecule has 2 aliphatic rings. The number of fused-ring (bicyclic) bond motifs is 2. The summed E-state index contributed by atoms with van der Waals surface area (Å²) in [5, 5.41) is 35.2. The van der Waals surface area contributed by atoms with Crippen molar-refractivity contribution in [3.63, 3.8) is 0 Å². The van der Waals surface area contributed by atoms with Crippen molar-refractivity contribution in [2.45, 2.75) is 56.5 Å². The largest absolute Gasteiger partial charge is 0.388 e. The van der Waals surface area contributed by atoms with Gasteiger partial charge in [-0.15, -0.1) is 10.2 Å². The number of nitriles is 1. The third kappa shape index (κ3) is 6.07. The van der Waals surface area contributed by atoms with Crippen LogP contribution in [0, 0.1) is 18.3 Å². The van der Waals surface area contributed by atoms with Crippen molar-refractivity contribution >= 4 is 17.5 Å². The predicted molar refractivity (Wildman–Crippen MR) is 183 cm³/mol. The van der Waals surface area contributed by atoms with Crippen LogP contribution in [-0.2, 0) is 23.1 Å². The zero-order chi connectivity index (χ0) is 33.8. The first-order chi connectivity index (χ1) is 23.3. The van der Waals surface area contributed by atoms with Crippen LogP contribution < -0.4 is 16.0 Å². The maximum Gasteiger partial charge on any atom is 0.251 e. The van der Waals surface area contributed by atoms with Gasteiger partial charge in [0.25, 0.3) is 5.91 Å². The quantitative estimate of drug-likeness (QED) is 0.204. The number of benzene rings is 3. The molecule has 1 aliphatic heterocycles. The van der Waals surface area contributed by atoms with Gasteiger partial charge in [0.15, 0.2) is 5.82 Å². The minimum atomic E-state index is -0.927. The Morgan fingerprint density at radius 3 is 2.35 bits per heavy atom. The van der Waals surface area contributed by atoms with Gasteiger partial charge < -0.3 is 20.9 Å². The average molecular weight is 644 g/mol. The molecule has 1 aliphatic carbocycles. The minimum Gasteiger partial charge on any atom is -0.388 e. The predicted octanol–water partition coefficient (Wildman–Crippen LogP) is 3.73. The number of tetrazole rings is 1. The number of aromatic amines is 1. The molecule has 1 aromatic heterocycles. The van der Waals surface area contributed by atoms with Crippen LogP contribution in [0.15, 0.2) is 67.2 Å². The third-order valence-corrected chi connectivity index (χ3v) is 9.87. The fourth-order valence-corrected chi connectivity index (χ4v) is 7.28. The fraction of sp³-hybridized carbons (Fsp3) is 0.351. The highest BCUT2D eigenvalue weighted by atomic mass is 16.2. The Balaban J connectivity index is 1.53. The maximum absolute atomic E-state index is 13.5. The fourth-order valence-electron chi connectivity index (χ4n) is 7.28. The lowest BCUT2D eigenvalue weighted by Crippen LogP contribution is -2.43. The van der Waals surface area contributed by atoms with E-state index in [0.717, 1.165) is 57.5 Å². The molecular weight excluding hydrogens is 602 g/mol. The molecule has 11 nitrogen and oxygen atoms in total. The Hall–Kier alpha value is -5.34. The molecule has 0 saturated carbocycles. The highest BCUT2D eigenvalue weighted by Gasteiger charge is 2.46. The van der Waals surface area contributed by atoms with Crippen LogP contribution in [0.4, 0.5) is 0 Å². The van der Waals surface area contributed by atoms with Gasteiger partial charge in [-0.1, -0.05) is 59.8 Å². The first-order valence-corrected chi connectivity index (χ1v) is 16.4. The molecule has 4 aromatic rings. The van der Waals surface area contributed by atoms with Crippen molar-refractivity contribution in [1.82, 2.24) is 41.5 Å². The van der Waals surface area contributed by atoms with Crippen molar-refractivity contribution < 1.29 is 9.59 Å². The van der Waals surface area contributed by atoms with Crippen LogP contribution in [0.3, 0.4) is 0 Å². The van der Waals surface area contributed by atoms with Gasteiger partial charge in [0.2, 0.25) is 5.91 Å². The number of carbonyl (C=O) groups is 2. The number of aromatic nitrogens is 4. The number of amides is 2. The first-order valence-electron chi connectivity index (χ1n) is 16.4. The lowest BCUT2D eigenvalue weighted by atomic mass is 9.67. The second kappa shape index (κ2) is 13.8. The molecule has 0 spiro atoms. The summed E-state index contributed by atoms with van der Waals surface area (Å²) in [4.78, 5) is 28.0. The Morgan fingerprint density at radius 2 is 1.73 bits per heavy atom. The number of hydrogen-bond donors (Lipinski definition) is 4. The van der Waals surface area contributed by atoms with E-state index in [9.17, 15) is 14.9 Å².